The molecule has 0 unspecified atom stereocenters. The zero-order valence-electron chi connectivity index (χ0n) is 9.87. The second kappa shape index (κ2) is 5.63. The minimum atomic E-state index is -0.253. The van der Waals surface area contributed by atoms with Gasteiger partial charge in [-0.05, 0) is 25.2 Å². The summed E-state index contributed by atoms with van der Waals surface area (Å²) in [6.45, 7) is 0.642. The van der Waals surface area contributed by atoms with E-state index in [1.807, 2.05) is 0 Å². The minimum Gasteiger partial charge on any atom is -0.351 e. The van der Waals surface area contributed by atoms with Crippen molar-refractivity contribution in [1.29, 1.82) is 0 Å². The van der Waals surface area contributed by atoms with Gasteiger partial charge in [-0.15, -0.1) is 10.2 Å². The van der Waals surface area contributed by atoms with Crippen LogP contribution in [0.3, 0.4) is 0 Å². The predicted octanol–water partition coefficient (Wildman–Crippen LogP) is 2.80. The Morgan fingerprint density at radius 1 is 1.50 bits per heavy atom. The zero-order chi connectivity index (χ0) is 13.2. The first-order valence-electron chi connectivity index (χ1n) is 5.58. The van der Waals surface area contributed by atoms with Gasteiger partial charge >= 0.3 is 0 Å². The second-order valence-corrected chi connectivity index (χ2v) is 6.31. The van der Waals surface area contributed by atoms with Gasteiger partial charge in [-0.2, -0.15) is 11.8 Å². The number of hydrogen-bond donors (Lipinski definition) is 1. The van der Waals surface area contributed by atoms with E-state index >= 15 is 0 Å². The Hall–Kier alpha value is -0.520. The molecule has 4 nitrogen and oxygen atoms in total. The van der Waals surface area contributed by atoms with E-state index in [1.54, 1.807) is 11.8 Å². The minimum absolute atomic E-state index is 0.0729. The lowest BCUT2D eigenvalue weighted by Crippen LogP contribution is -2.45. The molecule has 1 fully saturated rings. The molecule has 0 spiro atoms. The first-order valence-corrected chi connectivity index (χ1v) is 7.56. The molecule has 1 heterocycles. The summed E-state index contributed by atoms with van der Waals surface area (Å²) in [4.78, 5) is 12.0. The molecular weight excluding hydrogens is 293 g/mol. The lowest BCUT2D eigenvalue weighted by atomic mass is 9.84. The summed E-state index contributed by atoms with van der Waals surface area (Å²) in [7, 11) is 0. The highest BCUT2D eigenvalue weighted by Crippen LogP contribution is 2.42. The van der Waals surface area contributed by atoms with Crippen molar-refractivity contribution in [3.63, 3.8) is 0 Å². The number of hydrogen-bond acceptors (Lipinski definition) is 4. The summed E-state index contributed by atoms with van der Waals surface area (Å²) in [6, 6.07) is 1.43. The van der Waals surface area contributed by atoms with Crippen LogP contribution in [0.25, 0.3) is 0 Å². The van der Waals surface area contributed by atoms with Crippen molar-refractivity contribution in [2.24, 2.45) is 0 Å². The summed E-state index contributed by atoms with van der Waals surface area (Å²) in [5.74, 6) is -0.253. The van der Waals surface area contributed by atoms with E-state index in [0.29, 0.717) is 6.54 Å². The Balaban J connectivity index is 2.01. The Kier molecular flexibility index (Phi) is 4.35. The predicted molar refractivity (Wildman–Crippen MR) is 74.5 cm³/mol. The second-order valence-electron chi connectivity index (χ2n) is 4.29. The number of halogens is 2. The number of nitrogens with one attached hydrogen (secondary N) is 1. The lowest BCUT2D eigenvalue weighted by Gasteiger charge is -2.40. The molecule has 0 radical (unpaired) electrons. The smallest absolute Gasteiger partial charge is 0.254 e. The van der Waals surface area contributed by atoms with Crippen molar-refractivity contribution >= 4 is 40.9 Å². The van der Waals surface area contributed by atoms with Gasteiger partial charge in [-0.25, -0.2) is 0 Å². The number of thioether (sulfide) groups is 1. The van der Waals surface area contributed by atoms with Crippen LogP contribution < -0.4 is 5.32 Å². The molecule has 0 bridgehead atoms. The monoisotopic (exact) mass is 305 g/mol. The molecule has 1 saturated carbocycles. The third-order valence-electron chi connectivity index (χ3n) is 3.23. The van der Waals surface area contributed by atoms with Crippen molar-refractivity contribution in [3.8, 4) is 0 Å². The molecule has 18 heavy (non-hydrogen) atoms. The number of amides is 1. The Morgan fingerprint density at radius 3 is 2.78 bits per heavy atom. The van der Waals surface area contributed by atoms with Gasteiger partial charge in [-0.3, -0.25) is 4.79 Å². The average Bonchev–Trinajstić information content (AvgIpc) is 2.31. The van der Waals surface area contributed by atoms with Gasteiger partial charge in [0.25, 0.3) is 5.91 Å². The fourth-order valence-electron chi connectivity index (χ4n) is 1.87. The van der Waals surface area contributed by atoms with Gasteiger partial charge in [0.2, 0.25) is 0 Å². The SMILES string of the molecule is CSC1(CNC(=O)c2cc(Cl)nnc2Cl)CCC1. The first-order chi connectivity index (χ1) is 8.56. The molecule has 0 atom stereocenters. The highest BCUT2D eigenvalue weighted by molar-refractivity contribution is 8.00. The fourth-order valence-corrected chi connectivity index (χ4v) is 3.11. The van der Waals surface area contributed by atoms with Crippen molar-refractivity contribution in [2.75, 3.05) is 12.8 Å². The molecular formula is C11H13Cl2N3OS. The third-order valence-corrected chi connectivity index (χ3v) is 5.12. The fraction of sp³-hybridized carbons (Fsp3) is 0.545. The van der Waals surface area contributed by atoms with Gasteiger partial charge < -0.3 is 5.32 Å². The van der Waals surface area contributed by atoms with Crippen LogP contribution in [0.5, 0.6) is 0 Å². The van der Waals surface area contributed by atoms with Gasteiger partial charge in [-0.1, -0.05) is 29.6 Å². The van der Waals surface area contributed by atoms with E-state index in [9.17, 15) is 4.79 Å². The maximum Gasteiger partial charge on any atom is 0.254 e. The molecule has 7 heteroatoms. The van der Waals surface area contributed by atoms with E-state index in [1.165, 1.54) is 12.5 Å². The summed E-state index contributed by atoms with van der Waals surface area (Å²) in [6.07, 6.45) is 5.57. The molecule has 1 aromatic rings. The molecule has 1 aliphatic rings. The van der Waals surface area contributed by atoms with E-state index in [2.05, 4.69) is 21.8 Å². The zero-order valence-corrected chi connectivity index (χ0v) is 12.2. The lowest BCUT2D eigenvalue weighted by molar-refractivity contribution is 0.0943. The number of aromatic nitrogens is 2. The van der Waals surface area contributed by atoms with Crippen LogP contribution in [0.2, 0.25) is 10.3 Å². The molecule has 0 saturated heterocycles. The van der Waals surface area contributed by atoms with Crippen LogP contribution in [-0.2, 0) is 0 Å². The van der Waals surface area contributed by atoms with Crippen LogP contribution in [0.1, 0.15) is 29.6 Å². The quantitative estimate of drug-likeness (QED) is 0.929. The summed E-state index contributed by atoms with van der Waals surface area (Å²) < 4.78 is 0.187. The third kappa shape index (κ3) is 2.90. The molecule has 98 valence electrons. The number of rotatable bonds is 4. The summed E-state index contributed by atoms with van der Waals surface area (Å²) >= 11 is 13.3. The highest BCUT2D eigenvalue weighted by atomic mass is 35.5. The van der Waals surface area contributed by atoms with E-state index in [-0.39, 0.29) is 26.5 Å². The largest absolute Gasteiger partial charge is 0.351 e. The molecule has 1 amide bonds. The average molecular weight is 306 g/mol. The van der Waals surface area contributed by atoms with Crippen LogP contribution in [0.4, 0.5) is 0 Å². The number of carbonyl (C=O) groups excluding carboxylic acids is 1. The van der Waals surface area contributed by atoms with Crippen LogP contribution in [-0.4, -0.2) is 33.7 Å². The molecule has 0 aromatic carbocycles. The van der Waals surface area contributed by atoms with Crippen LogP contribution >= 0.6 is 35.0 Å². The van der Waals surface area contributed by atoms with Gasteiger partial charge in [0.15, 0.2) is 10.3 Å². The highest BCUT2D eigenvalue weighted by Gasteiger charge is 2.36. The van der Waals surface area contributed by atoms with E-state index in [0.717, 1.165) is 12.8 Å². The Labute approximate surface area is 120 Å². The first kappa shape index (κ1) is 13.9. The molecule has 2 rings (SSSR count). The van der Waals surface area contributed by atoms with E-state index in [4.69, 9.17) is 23.2 Å². The molecule has 1 N–H and O–H groups in total. The van der Waals surface area contributed by atoms with Gasteiger partial charge in [0.05, 0.1) is 5.56 Å². The van der Waals surface area contributed by atoms with Gasteiger partial charge in [0, 0.05) is 11.3 Å². The maximum atomic E-state index is 12.0. The Morgan fingerprint density at radius 2 is 2.22 bits per heavy atom. The summed E-state index contributed by atoms with van der Waals surface area (Å²) in [5.41, 5.74) is 0.271. The standard InChI is InChI=1S/C11H13Cl2N3OS/c1-18-11(3-2-4-11)6-14-10(17)7-5-8(12)15-16-9(7)13/h5H,2-4,6H2,1H3,(H,14,17). The van der Waals surface area contributed by atoms with Crippen LogP contribution in [0.15, 0.2) is 6.07 Å². The van der Waals surface area contributed by atoms with Crippen molar-refractivity contribution in [2.45, 2.75) is 24.0 Å². The van der Waals surface area contributed by atoms with Crippen molar-refractivity contribution in [3.05, 3.63) is 21.9 Å². The topological polar surface area (TPSA) is 54.9 Å². The van der Waals surface area contributed by atoms with Crippen molar-refractivity contribution in [1.82, 2.24) is 15.5 Å². The van der Waals surface area contributed by atoms with Crippen molar-refractivity contribution < 1.29 is 4.79 Å². The number of nitrogens with zero attached hydrogens (tertiary/aromatic N) is 2. The van der Waals surface area contributed by atoms with Crippen LogP contribution in [0, 0.1) is 0 Å². The molecule has 1 aromatic heterocycles. The maximum absolute atomic E-state index is 12.0. The van der Waals surface area contributed by atoms with E-state index < -0.39 is 0 Å². The molecule has 1 aliphatic carbocycles. The number of carbonyl (C=O) groups is 1. The summed E-state index contributed by atoms with van der Waals surface area (Å²) in [5, 5.41) is 10.3. The normalized spacial score (nSPS) is 17.1. The Bertz CT molecular complexity index is 460. The molecule has 0 aliphatic heterocycles. The van der Waals surface area contributed by atoms with Gasteiger partial charge in [0.1, 0.15) is 0 Å².